The second-order valence-corrected chi connectivity index (χ2v) is 5.45. The largest absolute Gasteiger partial charge is 0.0654 e. The third-order valence-electron chi connectivity index (χ3n) is 3.44. The molecule has 0 aromatic rings. The normalized spacial score (nSPS) is 13.4. The van der Waals surface area contributed by atoms with Crippen LogP contribution in [0.5, 0.6) is 0 Å². The summed E-state index contributed by atoms with van der Waals surface area (Å²) < 4.78 is 0. The zero-order valence-corrected chi connectivity index (χ0v) is 11.5. The summed E-state index contributed by atoms with van der Waals surface area (Å²) in [5.74, 6) is 1.91. The Hall–Kier alpha value is 0. The molecule has 0 saturated heterocycles. The molecule has 0 amide bonds. The molecule has 1 unspecified atom stereocenters. The molecule has 0 fully saturated rings. The summed E-state index contributed by atoms with van der Waals surface area (Å²) in [6.07, 6.45) is 12.9. The van der Waals surface area contributed by atoms with E-state index in [0.29, 0.717) is 0 Å². The third-order valence-corrected chi connectivity index (χ3v) is 3.44. The molecule has 92 valence electrons. The lowest BCUT2D eigenvalue weighted by atomic mass is 9.91. The molecule has 0 bridgehead atoms. The Balaban J connectivity index is 3.38. The van der Waals surface area contributed by atoms with Crippen molar-refractivity contribution in [2.75, 3.05) is 0 Å². The first-order valence-electron chi connectivity index (χ1n) is 7.20. The first-order chi connectivity index (χ1) is 7.20. The molecule has 0 aromatic carbocycles. The summed E-state index contributed by atoms with van der Waals surface area (Å²) in [4.78, 5) is 0. The van der Waals surface area contributed by atoms with Gasteiger partial charge in [-0.05, 0) is 11.8 Å². The van der Waals surface area contributed by atoms with Crippen molar-refractivity contribution in [2.24, 2.45) is 11.8 Å². The lowest BCUT2D eigenvalue weighted by Gasteiger charge is -2.15. The zero-order chi connectivity index (χ0) is 11.5. The van der Waals surface area contributed by atoms with Gasteiger partial charge >= 0.3 is 0 Å². The molecule has 0 aromatic heterocycles. The van der Waals surface area contributed by atoms with E-state index in [-0.39, 0.29) is 0 Å². The van der Waals surface area contributed by atoms with Crippen LogP contribution < -0.4 is 0 Å². The van der Waals surface area contributed by atoms with Crippen molar-refractivity contribution >= 4 is 0 Å². The van der Waals surface area contributed by atoms with Crippen molar-refractivity contribution < 1.29 is 0 Å². The van der Waals surface area contributed by atoms with Crippen LogP contribution in [0.3, 0.4) is 0 Å². The molecule has 15 heavy (non-hydrogen) atoms. The average Bonchev–Trinajstić information content (AvgIpc) is 2.21. The summed E-state index contributed by atoms with van der Waals surface area (Å²) in [6, 6.07) is 0. The molecule has 0 radical (unpaired) electrons. The fourth-order valence-electron chi connectivity index (χ4n) is 2.23. The number of hydrogen-bond acceptors (Lipinski definition) is 0. The van der Waals surface area contributed by atoms with Gasteiger partial charge in [0.1, 0.15) is 0 Å². The Bertz CT molecular complexity index is 115. The minimum absolute atomic E-state index is 0.891. The maximum Gasteiger partial charge on any atom is -0.0417 e. The van der Waals surface area contributed by atoms with Crippen LogP contribution in [0.2, 0.25) is 0 Å². The van der Waals surface area contributed by atoms with E-state index in [1.54, 1.807) is 0 Å². The smallest absolute Gasteiger partial charge is 0.0417 e. The summed E-state index contributed by atoms with van der Waals surface area (Å²) in [5.41, 5.74) is 0. The maximum absolute atomic E-state index is 2.36. The lowest BCUT2D eigenvalue weighted by Crippen LogP contribution is -2.00. The van der Waals surface area contributed by atoms with Gasteiger partial charge in [-0.1, -0.05) is 85.5 Å². The zero-order valence-electron chi connectivity index (χ0n) is 11.5. The number of unbranched alkanes of at least 4 members (excludes halogenated alkanes) is 3. The second kappa shape index (κ2) is 10.5. The molecule has 0 heterocycles. The van der Waals surface area contributed by atoms with Gasteiger partial charge in [0, 0.05) is 0 Å². The van der Waals surface area contributed by atoms with Crippen LogP contribution in [0, 0.1) is 11.8 Å². The van der Waals surface area contributed by atoms with E-state index in [1.807, 2.05) is 0 Å². The monoisotopic (exact) mass is 212 g/mol. The molecule has 0 nitrogen and oxygen atoms in total. The minimum atomic E-state index is 0.891. The second-order valence-electron chi connectivity index (χ2n) is 5.45. The highest BCUT2D eigenvalue weighted by Crippen LogP contribution is 2.21. The van der Waals surface area contributed by atoms with E-state index in [2.05, 4.69) is 27.7 Å². The van der Waals surface area contributed by atoms with Crippen molar-refractivity contribution in [3.8, 4) is 0 Å². The minimum Gasteiger partial charge on any atom is -0.0654 e. The molecule has 1 atom stereocenters. The number of rotatable bonds is 10. The van der Waals surface area contributed by atoms with Crippen molar-refractivity contribution in [1.29, 1.82) is 0 Å². The van der Waals surface area contributed by atoms with Crippen LogP contribution in [0.15, 0.2) is 0 Å². The SMILES string of the molecule is CCCCCCC(CC)CCCC(C)C. The highest BCUT2D eigenvalue weighted by atomic mass is 14.1. The van der Waals surface area contributed by atoms with Gasteiger partial charge < -0.3 is 0 Å². The standard InChI is InChI=1S/C15H32/c1-5-7-8-9-12-15(6-2)13-10-11-14(3)4/h14-15H,5-13H2,1-4H3. The average molecular weight is 212 g/mol. The molecule has 0 aliphatic heterocycles. The third kappa shape index (κ3) is 10.3. The molecule has 0 aliphatic carbocycles. The Morgan fingerprint density at radius 3 is 1.93 bits per heavy atom. The summed E-state index contributed by atoms with van der Waals surface area (Å²) >= 11 is 0. The predicted octanol–water partition coefficient (Wildman–Crippen LogP) is 5.81. The molecular formula is C15H32. The summed E-state index contributed by atoms with van der Waals surface area (Å²) in [5, 5.41) is 0. The van der Waals surface area contributed by atoms with E-state index in [9.17, 15) is 0 Å². The molecule has 0 rings (SSSR count). The molecular weight excluding hydrogens is 180 g/mol. The van der Waals surface area contributed by atoms with E-state index < -0.39 is 0 Å². The van der Waals surface area contributed by atoms with Crippen LogP contribution in [0.25, 0.3) is 0 Å². The van der Waals surface area contributed by atoms with Crippen molar-refractivity contribution in [1.82, 2.24) is 0 Å². The fourth-order valence-corrected chi connectivity index (χ4v) is 2.23. The van der Waals surface area contributed by atoms with Crippen LogP contribution >= 0.6 is 0 Å². The molecule has 0 saturated carbocycles. The van der Waals surface area contributed by atoms with Gasteiger partial charge in [0.05, 0.1) is 0 Å². The van der Waals surface area contributed by atoms with Gasteiger partial charge in [0.2, 0.25) is 0 Å². The summed E-state index contributed by atoms with van der Waals surface area (Å²) in [6.45, 7) is 9.32. The number of hydrogen-bond donors (Lipinski definition) is 0. The topological polar surface area (TPSA) is 0 Å². The van der Waals surface area contributed by atoms with Gasteiger partial charge in [-0.3, -0.25) is 0 Å². The Morgan fingerprint density at radius 1 is 0.733 bits per heavy atom. The maximum atomic E-state index is 2.36. The van der Waals surface area contributed by atoms with Crippen LogP contribution in [0.1, 0.15) is 85.5 Å². The van der Waals surface area contributed by atoms with Gasteiger partial charge in [0.15, 0.2) is 0 Å². The van der Waals surface area contributed by atoms with Crippen molar-refractivity contribution in [3.63, 3.8) is 0 Å². The van der Waals surface area contributed by atoms with Gasteiger partial charge in [0.25, 0.3) is 0 Å². The molecule has 0 heteroatoms. The fraction of sp³-hybridized carbons (Fsp3) is 1.00. The van der Waals surface area contributed by atoms with Crippen LogP contribution in [-0.2, 0) is 0 Å². The quantitative estimate of drug-likeness (QED) is 0.401. The van der Waals surface area contributed by atoms with Crippen molar-refractivity contribution in [2.45, 2.75) is 85.5 Å². The van der Waals surface area contributed by atoms with Crippen molar-refractivity contribution in [3.05, 3.63) is 0 Å². The van der Waals surface area contributed by atoms with E-state index in [0.717, 1.165) is 11.8 Å². The Kier molecular flexibility index (Phi) is 10.5. The highest BCUT2D eigenvalue weighted by molar-refractivity contribution is 4.59. The predicted molar refractivity (Wildman–Crippen MR) is 71.2 cm³/mol. The lowest BCUT2D eigenvalue weighted by molar-refractivity contribution is 0.384. The van der Waals surface area contributed by atoms with E-state index in [4.69, 9.17) is 0 Å². The molecule has 0 aliphatic rings. The van der Waals surface area contributed by atoms with Crippen LogP contribution in [0.4, 0.5) is 0 Å². The van der Waals surface area contributed by atoms with E-state index in [1.165, 1.54) is 57.8 Å². The molecule has 0 N–H and O–H groups in total. The Labute approximate surface area is 97.8 Å². The first-order valence-corrected chi connectivity index (χ1v) is 7.20. The summed E-state index contributed by atoms with van der Waals surface area (Å²) in [7, 11) is 0. The van der Waals surface area contributed by atoms with Gasteiger partial charge in [-0.2, -0.15) is 0 Å². The molecule has 0 spiro atoms. The Morgan fingerprint density at radius 2 is 1.40 bits per heavy atom. The first kappa shape index (κ1) is 15.0. The van der Waals surface area contributed by atoms with Gasteiger partial charge in [-0.15, -0.1) is 0 Å². The van der Waals surface area contributed by atoms with E-state index >= 15 is 0 Å². The van der Waals surface area contributed by atoms with Crippen LogP contribution in [-0.4, -0.2) is 0 Å². The van der Waals surface area contributed by atoms with Gasteiger partial charge in [-0.25, -0.2) is 0 Å². The highest BCUT2D eigenvalue weighted by Gasteiger charge is 2.06.